The van der Waals surface area contributed by atoms with Gasteiger partial charge in [-0.25, -0.2) is 4.39 Å². The summed E-state index contributed by atoms with van der Waals surface area (Å²) >= 11 is 0. The van der Waals surface area contributed by atoms with Crippen LogP contribution in [0, 0.1) is 28.6 Å². The lowest BCUT2D eigenvalue weighted by Gasteiger charge is -2.62. The summed E-state index contributed by atoms with van der Waals surface area (Å²) in [6.07, 6.45) is 5.02. The first-order chi connectivity index (χ1) is 15.4. The Morgan fingerprint density at radius 2 is 1.97 bits per heavy atom. The quantitative estimate of drug-likeness (QED) is 0.609. The molecule has 4 rings (SSSR count). The highest BCUT2D eigenvalue weighted by Gasteiger charge is 2.77. The van der Waals surface area contributed by atoms with Crippen LogP contribution in [-0.4, -0.2) is 51.7 Å². The first kappa shape index (κ1) is 24.3. The van der Waals surface area contributed by atoms with Gasteiger partial charge in [-0.05, 0) is 57.1 Å². The zero-order valence-electron chi connectivity index (χ0n) is 19.9. The second kappa shape index (κ2) is 7.84. The fourth-order valence-corrected chi connectivity index (χ4v) is 7.95. The minimum absolute atomic E-state index is 0.0786. The summed E-state index contributed by atoms with van der Waals surface area (Å²) in [7, 11) is 0. The van der Waals surface area contributed by atoms with Crippen LogP contribution in [0.25, 0.3) is 0 Å². The Bertz CT molecular complexity index is 941. The number of hydrogen-bond acceptors (Lipinski definition) is 6. The molecule has 0 saturated heterocycles. The van der Waals surface area contributed by atoms with E-state index in [0.717, 1.165) is 0 Å². The molecule has 0 aliphatic heterocycles. The maximum atomic E-state index is 17.2. The number of carbonyl (C=O) groups excluding carboxylic acids is 3. The number of ketones is 2. The van der Waals surface area contributed by atoms with E-state index in [4.69, 9.17) is 4.74 Å². The Labute approximate surface area is 194 Å². The zero-order chi connectivity index (χ0) is 24.4. The second-order valence-corrected chi connectivity index (χ2v) is 10.9. The minimum Gasteiger partial charge on any atom is -0.450 e. The van der Waals surface area contributed by atoms with Gasteiger partial charge >= 0.3 is 5.97 Å². The Morgan fingerprint density at radius 3 is 2.61 bits per heavy atom. The molecule has 0 amide bonds. The Morgan fingerprint density at radius 1 is 1.27 bits per heavy atom. The lowest BCUT2D eigenvalue weighted by Crippen LogP contribution is -2.70. The molecule has 0 heterocycles. The van der Waals surface area contributed by atoms with Crippen LogP contribution in [0.1, 0.15) is 66.2 Å². The van der Waals surface area contributed by atoms with Crippen molar-refractivity contribution in [3.05, 3.63) is 23.8 Å². The molecular formula is C26H35FO6. The van der Waals surface area contributed by atoms with Crippen LogP contribution < -0.4 is 0 Å². The van der Waals surface area contributed by atoms with Crippen molar-refractivity contribution in [1.82, 2.24) is 0 Å². The third kappa shape index (κ3) is 2.94. The number of aliphatic hydroxyl groups excluding tert-OH is 2. The highest BCUT2D eigenvalue weighted by Crippen LogP contribution is 2.71. The van der Waals surface area contributed by atoms with Gasteiger partial charge in [-0.2, -0.15) is 0 Å². The molecule has 4 aliphatic rings. The number of halogens is 1. The van der Waals surface area contributed by atoms with E-state index in [1.165, 1.54) is 12.2 Å². The van der Waals surface area contributed by atoms with Crippen molar-refractivity contribution < 1.29 is 33.7 Å². The highest BCUT2D eigenvalue weighted by atomic mass is 19.1. The Balaban J connectivity index is 1.83. The van der Waals surface area contributed by atoms with Gasteiger partial charge in [-0.15, -0.1) is 0 Å². The molecule has 4 aliphatic carbocycles. The number of rotatable bonds is 5. The maximum absolute atomic E-state index is 17.2. The fraction of sp³-hybridized carbons (Fsp3) is 0.731. The van der Waals surface area contributed by atoms with Crippen LogP contribution in [0.4, 0.5) is 4.39 Å². The topological polar surface area (TPSA) is 101 Å². The Hall–Kier alpha value is -1.86. The molecule has 182 valence electrons. The van der Waals surface area contributed by atoms with Gasteiger partial charge in [0.05, 0.1) is 6.10 Å². The van der Waals surface area contributed by atoms with E-state index in [9.17, 15) is 24.6 Å². The standard InChI is InChI=1S/C26H35FO6/c1-5-6-22(32)33-26(21(31)14-28)15(2)11-19-18-8-7-16-12-17(29)9-10-23(16,3)25(18,27)20(30)13-24(19,26)4/h9-10,12,15,18-20,28,30H,5-8,11,13-14H2,1-4H3/t15-,18+,19-,20-,23+,24-,25+,26+/m1/s1. The third-order valence-corrected chi connectivity index (χ3v) is 9.47. The predicted molar refractivity (Wildman–Crippen MR) is 119 cm³/mol. The van der Waals surface area contributed by atoms with Crippen molar-refractivity contribution >= 4 is 17.5 Å². The third-order valence-electron chi connectivity index (χ3n) is 9.47. The number of esters is 1. The summed E-state index contributed by atoms with van der Waals surface area (Å²) < 4.78 is 23.1. The SMILES string of the molecule is CCCC(=O)O[C@]1(C(=O)CO)[C@H](C)C[C@@H]2[C@@H]3CCC4=CC(=O)C=C[C@]4(C)[C@@]3(F)[C@H](O)C[C@]21C. The van der Waals surface area contributed by atoms with Gasteiger partial charge in [0, 0.05) is 29.1 Å². The molecule has 0 radical (unpaired) electrons. The van der Waals surface area contributed by atoms with Gasteiger partial charge < -0.3 is 14.9 Å². The second-order valence-electron chi connectivity index (χ2n) is 10.9. The van der Waals surface area contributed by atoms with Crippen molar-refractivity contribution in [1.29, 1.82) is 0 Å². The van der Waals surface area contributed by atoms with Gasteiger partial charge in [0.1, 0.15) is 6.61 Å². The molecule has 0 aromatic heterocycles. The minimum atomic E-state index is -2.02. The molecule has 2 N–H and O–H groups in total. The number of aliphatic hydroxyl groups is 2. The van der Waals surface area contributed by atoms with E-state index in [1.54, 1.807) is 13.0 Å². The lowest BCUT2D eigenvalue weighted by molar-refractivity contribution is -0.228. The van der Waals surface area contributed by atoms with E-state index in [2.05, 4.69) is 0 Å². The molecule has 6 nitrogen and oxygen atoms in total. The molecule has 0 aromatic rings. The molecule has 0 spiro atoms. The lowest BCUT2D eigenvalue weighted by atomic mass is 9.44. The molecule has 0 aromatic carbocycles. The molecule has 0 bridgehead atoms. The van der Waals surface area contributed by atoms with Crippen LogP contribution in [0.2, 0.25) is 0 Å². The smallest absolute Gasteiger partial charge is 0.306 e. The molecule has 3 saturated carbocycles. The van der Waals surface area contributed by atoms with E-state index in [-0.39, 0.29) is 24.5 Å². The van der Waals surface area contributed by atoms with E-state index < -0.39 is 58.4 Å². The number of hydrogen-bond donors (Lipinski definition) is 2. The Kier molecular flexibility index (Phi) is 5.77. The van der Waals surface area contributed by atoms with Crippen LogP contribution in [0.15, 0.2) is 23.8 Å². The van der Waals surface area contributed by atoms with Gasteiger partial charge in [-0.1, -0.05) is 32.4 Å². The van der Waals surface area contributed by atoms with Gasteiger partial charge in [0.2, 0.25) is 5.78 Å². The number of allylic oxidation sites excluding steroid dienone is 4. The maximum Gasteiger partial charge on any atom is 0.306 e. The summed E-state index contributed by atoms with van der Waals surface area (Å²) in [5.41, 5.74) is -5.10. The van der Waals surface area contributed by atoms with Crippen molar-refractivity contribution in [2.45, 2.75) is 83.6 Å². The predicted octanol–water partition coefficient (Wildman–Crippen LogP) is 3.25. The number of ether oxygens (including phenoxy) is 1. The average molecular weight is 463 g/mol. The van der Waals surface area contributed by atoms with E-state index in [0.29, 0.717) is 31.3 Å². The summed E-state index contributed by atoms with van der Waals surface area (Å²) in [5.74, 6) is -2.65. The first-order valence-electron chi connectivity index (χ1n) is 12.1. The van der Waals surface area contributed by atoms with Gasteiger partial charge in [0.25, 0.3) is 0 Å². The number of alkyl halides is 1. The van der Waals surface area contributed by atoms with Crippen molar-refractivity contribution in [3.63, 3.8) is 0 Å². The van der Waals surface area contributed by atoms with Crippen LogP contribution in [-0.2, 0) is 19.1 Å². The molecular weight excluding hydrogens is 427 g/mol. The average Bonchev–Trinajstić information content (AvgIpc) is 2.97. The van der Waals surface area contributed by atoms with Crippen LogP contribution in [0.5, 0.6) is 0 Å². The largest absolute Gasteiger partial charge is 0.450 e. The van der Waals surface area contributed by atoms with Gasteiger partial charge in [0.15, 0.2) is 17.1 Å². The summed E-state index contributed by atoms with van der Waals surface area (Å²) in [4.78, 5) is 37.9. The fourth-order valence-electron chi connectivity index (χ4n) is 7.95. The first-order valence-corrected chi connectivity index (χ1v) is 12.1. The van der Waals surface area contributed by atoms with Crippen molar-refractivity contribution in [2.24, 2.45) is 28.6 Å². The van der Waals surface area contributed by atoms with Crippen LogP contribution >= 0.6 is 0 Å². The van der Waals surface area contributed by atoms with Crippen molar-refractivity contribution in [3.8, 4) is 0 Å². The summed E-state index contributed by atoms with van der Waals surface area (Å²) in [6, 6.07) is 0. The number of Topliss-reactive ketones (excluding diaryl/α,β-unsaturated/α-hetero) is 1. The molecule has 0 unspecified atom stereocenters. The summed E-state index contributed by atoms with van der Waals surface area (Å²) in [6.45, 7) is 6.42. The normalized spacial score (nSPS) is 46.2. The van der Waals surface area contributed by atoms with E-state index >= 15 is 4.39 Å². The highest BCUT2D eigenvalue weighted by molar-refractivity contribution is 6.01. The summed E-state index contributed by atoms with van der Waals surface area (Å²) in [5, 5.41) is 21.3. The zero-order valence-corrected chi connectivity index (χ0v) is 19.9. The monoisotopic (exact) mass is 462 g/mol. The number of fused-ring (bicyclic) bond motifs is 5. The van der Waals surface area contributed by atoms with Crippen LogP contribution in [0.3, 0.4) is 0 Å². The van der Waals surface area contributed by atoms with Crippen molar-refractivity contribution in [2.75, 3.05) is 6.61 Å². The van der Waals surface area contributed by atoms with Gasteiger partial charge in [-0.3, -0.25) is 14.4 Å². The molecule has 33 heavy (non-hydrogen) atoms. The molecule has 8 atom stereocenters. The molecule has 7 heteroatoms. The molecule has 3 fully saturated rings. The number of carbonyl (C=O) groups is 3. The van der Waals surface area contributed by atoms with E-state index in [1.807, 2.05) is 20.8 Å².